The van der Waals surface area contributed by atoms with Crippen molar-refractivity contribution in [2.45, 2.75) is 30.0 Å². The van der Waals surface area contributed by atoms with Crippen molar-refractivity contribution in [3.63, 3.8) is 0 Å². The molecule has 2 heterocycles. The Kier molecular flexibility index (Phi) is 6.42. The third-order valence-corrected chi connectivity index (χ3v) is 5.95. The Morgan fingerprint density at radius 1 is 1.03 bits per heavy atom. The van der Waals surface area contributed by atoms with Gasteiger partial charge in [0.1, 0.15) is 5.03 Å². The molecule has 29 heavy (non-hydrogen) atoms. The van der Waals surface area contributed by atoms with Gasteiger partial charge in [-0.25, -0.2) is 4.98 Å². The summed E-state index contributed by atoms with van der Waals surface area (Å²) in [5.74, 6) is 0.645. The minimum absolute atomic E-state index is 0.0953. The van der Waals surface area contributed by atoms with Crippen LogP contribution in [0.3, 0.4) is 0 Å². The first kappa shape index (κ1) is 19.5. The third kappa shape index (κ3) is 5.35. The van der Waals surface area contributed by atoms with Gasteiger partial charge >= 0.3 is 0 Å². The number of carbonyl (C=O) groups is 1. The average molecular weight is 405 g/mol. The molecular formula is C23H24N4OS. The first-order valence-electron chi connectivity index (χ1n) is 9.92. The fraction of sp³-hybridized carbons (Fsp3) is 0.261. The molecule has 5 nitrogen and oxygen atoms in total. The molecule has 0 saturated carbocycles. The molecule has 1 saturated heterocycles. The van der Waals surface area contributed by atoms with Crippen LogP contribution in [0.4, 0.5) is 11.4 Å². The average Bonchev–Trinajstić information content (AvgIpc) is 2.80. The topological polar surface area (TPSA) is 58.1 Å². The quantitative estimate of drug-likeness (QED) is 0.585. The summed E-state index contributed by atoms with van der Waals surface area (Å²) in [5, 5.41) is 3.87. The highest BCUT2D eigenvalue weighted by Crippen LogP contribution is 2.23. The van der Waals surface area contributed by atoms with E-state index >= 15 is 0 Å². The number of nitrogens with zero attached hydrogens (tertiary/aromatic N) is 3. The summed E-state index contributed by atoms with van der Waals surface area (Å²) in [6.45, 7) is 2.23. The van der Waals surface area contributed by atoms with Crippen LogP contribution in [-0.2, 0) is 5.75 Å². The van der Waals surface area contributed by atoms with E-state index in [2.05, 4.69) is 32.3 Å². The summed E-state index contributed by atoms with van der Waals surface area (Å²) in [6.07, 6.45) is 8.92. The van der Waals surface area contributed by atoms with Gasteiger partial charge in [-0.2, -0.15) is 0 Å². The lowest BCUT2D eigenvalue weighted by molar-refractivity contribution is 0.102. The number of hydrogen-bond donors (Lipinski definition) is 1. The van der Waals surface area contributed by atoms with Crippen LogP contribution in [0, 0.1) is 0 Å². The van der Waals surface area contributed by atoms with Crippen molar-refractivity contribution in [3.8, 4) is 0 Å². The summed E-state index contributed by atoms with van der Waals surface area (Å²) in [6, 6.07) is 15.9. The number of carbonyl (C=O) groups excluding carboxylic acids is 1. The molecule has 0 unspecified atom stereocenters. The van der Waals surface area contributed by atoms with Gasteiger partial charge in [-0.15, -0.1) is 11.8 Å². The SMILES string of the molecule is O=C(Nc1ccc(N2CCCCC2)cc1)c1cccc(CSc2cnccn2)c1. The van der Waals surface area contributed by atoms with Crippen molar-refractivity contribution in [2.75, 3.05) is 23.3 Å². The standard InChI is InChI=1S/C23H24N4OS/c28-23(26-20-7-9-21(10-8-20)27-13-2-1-3-14-27)19-6-4-5-18(15-19)17-29-22-16-24-11-12-25-22/h4-12,15-16H,1-3,13-14,17H2,(H,26,28). The highest BCUT2D eigenvalue weighted by atomic mass is 32.2. The molecule has 0 radical (unpaired) electrons. The lowest BCUT2D eigenvalue weighted by atomic mass is 10.1. The molecule has 1 amide bonds. The summed E-state index contributed by atoms with van der Waals surface area (Å²) in [5.41, 5.74) is 3.77. The highest BCUT2D eigenvalue weighted by Gasteiger charge is 2.11. The zero-order chi connectivity index (χ0) is 19.9. The van der Waals surface area contributed by atoms with E-state index < -0.39 is 0 Å². The van der Waals surface area contributed by atoms with Gasteiger partial charge in [-0.3, -0.25) is 9.78 Å². The monoisotopic (exact) mass is 404 g/mol. The molecule has 0 bridgehead atoms. The molecule has 3 aromatic rings. The summed E-state index contributed by atoms with van der Waals surface area (Å²) < 4.78 is 0. The van der Waals surface area contributed by atoms with Gasteiger partial charge in [0.25, 0.3) is 5.91 Å². The normalized spacial score (nSPS) is 13.9. The predicted octanol–water partition coefficient (Wildman–Crippen LogP) is 5.01. The molecule has 1 aliphatic heterocycles. The molecule has 148 valence electrons. The fourth-order valence-electron chi connectivity index (χ4n) is 3.43. The van der Waals surface area contributed by atoms with E-state index in [-0.39, 0.29) is 5.91 Å². The number of nitrogens with one attached hydrogen (secondary N) is 1. The summed E-state index contributed by atoms with van der Waals surface area (Å²) in [7, 11) is 0. The summed E-state index contributed by atoms with van der Waals surface area (Å²) >= 11 is 1.60. The minimum Gasteiger partial charge on any atom is -0.372 e. The maximum Gasteiger partial charge on any atom is 0.255 e. The van der Waals surface area contributed by atoms with Gasteiger partial charge in [0.05, 0.1) is 6.20 Å². The van der Waals surface area contributed by atoms with Crippen LogP contribution in [-0.4, -0.2) is 29.0 Å². The number of anilines is 2. The van der Waals surface area contributed by atoms with E-state index in [4.69, 9.17) is 0 Å². The van der Waals surface area contributed by atoms with Crippen LogP contribution >= 0.6 is 11.8 Å². The first-order valence-corrected chi connectivity index (χ1v) is 10.9. The van der Waals surface area contributed by atoms with Crippen molar-refractivity contribution in [3.05, 3.63) is 78.2 Å². The molecule has 4 rings (SSSR count). The molecule has 1 aliphatic rings. The molecule has 2 aromatic carbocycles. The molecule has 6 heteroatoms. The zero-order valence-electron chi connectivity index (χ0n) is 16.3. The fourth-order valence-corrected chi connectivity index (χ4v) is 4.20. The van der Waals surface area contributed by atoms with E-state index in [9.17, 15) is 4.79 Å². The molecule has 1 fully saturated rings. The minimum atomic E-state index is -0.0953. The Morgan fingerprint density at radius 3 is 2.62 bits per heavy atom. The molecule has 0 aliphatic carbocycles. The Morgan fingerprint density at radius 2 is 1.86 bits per heavy atom. The maximum atomic E-state index is 12.7. The number of aromatic nitrogens is 2. The van der Waals surface area contributed by atoms with Gasteiger partial charge in [0.2, 0.25) is 0 Å². The number of rotatable bonds is 6. The lowest BCUT2D eigenvalue weighted by Gasteiger charge is -2.28. The van der Waals surface area contributed by atoms with Crippen molar-refractivity contribution in [1.82, 2.24) is 9.97 Å². The van der Waals surface area contributed by atoms with Crippen LogP contribution in [0.25, 0.3) is 0 Å². The molecule has 1 aromatic heterocycles. The van der Waals surface area contributed by atoms with Crippen molar-refractivity contribution < 1.29 is 4.79 Å². The number of thioether (sulfide) groups is 1. The Balaban J connectivity index is 1.36. The largest absolute Gasteiger partial charge is 0.372 e. The lowest BCUT2D eigenvalue weighted by Crippen LogP contribution is -2.29. The van der Waals surface area contributed by atoms with E-state index in [0.29, 0.717) is 5.56 Å². The Bertz CT molecular complexity index is 941. The van der Waals surface area contributed by atoms with Gasteiger partial charge in [-0.05, 0) is 61.2 Å². The van der Waals surface area contributed by atoms with Crippen LogP contribution in [0.15, 0.2) is 72.1 Å². The van der Waals surface area contributed by atoms with Crippen LogP contribution in [0.2, 0.25) is 0 Å². The summed E-state index contributed by atoms with van der Waals surface area (Å²) in [4.78, 5) is 23.4. The van der Waals surface area contributed by atoms with Crippen molar-refractivity contribution in [1.29, 1.82) is 0 Å². The highest BCUT2D eigenvalue weighted by molar-refractivity contribution is 7.98. The van der Waals surface area contributed by atoms with E-state index in [1.807, 2.05) is 36.4 Å². The smallest absolute Gasteiger partial charge is 0.255 e. The second kappa shape index (κ2) is 9.56. The van der Waals surface area contributed by atoms with Gasteiger partial charge in [0, 0.05) is 48.2 Å². The van der Waals surface area contributed by atoms with Crippen LogP contribution < -0.4 is 10.2 Å². The molecule has 1 N–H and O–H groups in total. The maximum absolute atomic E-state index is 12.7. The van der Waals surface area contributed by atoms with E-state index in [1.54, 1.807) is 30.4 Å². The van der Waals surface area contributed by atoms with Gasteiger partial charge in [-0.1, -0.05) is 12.1 Å². The van der Waals surface area contributed by atoms with E-state index in [0.717, 1.165) is 35.1 Å². The Hall–Kier alpha value is -2.86. The number of amides is 1. The van der Waals surface area contributed by atoms with Gasteiger partial charge in [0.15, 0.2) is 0 Å². The zero-order valence-corrected chi connectivity index (χ0v) is 17.1. The van der Waals surface area contributed by atoms with Crippen molar-refractivity contribution in [2.24, 2.45) is 0 Å². The second-order valence-corrected chi connectivity index (χ2v) is 8.08. The predicted molar refractivity (Wildman–Crippen MR) is 118 cm³/mol. The second-order valence-electron chi connectivity index (χ2n) is 7.08. The third-order valence-electron chi connectivity index (χ3n) is 4.96. The number of benzene rings is 2. The van der Waals surface area contributed by atoms with Crippen LogP contribution in [0.5, 0.6) is 0 Å². The Labute approximate surface area is 175 Å². The first-order chi connectivity index (χ1) is 14.3. The van der Waals surface area contributed by atoms with Crippen LogP contribution in [0.1, 0.15) is 35.2 Å². The van der Waals surface area contributed by atoms with Crippen molar-refractivity contribution >= 4 is 29.0 Å². The number of piperidine rings is 1. The van der Waals surface area contributed by atoms with E-state index in [1.165, 1.54) is 24.9 Å². The molecular weight excluding hydrogens is 380 g/mol. The molecule has 0 atom stereocenters. The molecule has 0 spiro atoms. The number of hydrogen-bond acceptors (Lipinski definition) is 5. The van der Waals surface area contributed by atoms with Gasteiger partial charge < -0.3 is 10.2 Å².